The summed E-state index contributed by atoms with van der Waals surface area (Å²) in [5.41, 5.74) is 5.31. The third-order valence-corrected chi connectivity index (χ3v) is 2.07. The van der Waals surface area contributed by atoms with Crippen molar-refractivity contribution in [2.24, 2.45) is 11.7 Å². The zero-order chi connectivity index (χ0) is 8.81. The first-order chi connectivity index (χ1) is 5.79. The lowest BCUT2D eigenvalue weighted by Crippen LogP contribution is -2.14. The van der Waals surface area contributed by atoms with Gasteiger partial charge >= 0.3 is 0 Å². The predicted molar refractivity (Wildman–Crippen MR) is 51.1 cm³/mol. The molecule has 0 radical (unpaired) electrons. The summed E-state index contributed by atoms with van der Waals surface area (Å²) in [7, 11) is 0. The van der Waals surface area contributed by atoms with Gasteiger partial charge in [0.05, 0.1) is 24.8 Å². The van der Waals surface area contributed by atoms with Gasteiger partial charge in [-0.1, -0.05) is 12.2 Å². The molecule has 0 saturated carbocycles. The maximum atomic E-state index is 5.38. The molecule has 3 nitrogen and oxygen atoms in total. The Labute approximate surface area is 78.2 Å². The van der Waals surface area contributed by atoms with Crippen molar-refractivity contribution in [1.82, 2.24) is 0 Å². The second-order valence-electron chi connectivity index (χ2n) is 3.02. The average Bonchev–Trinajstić information content (AvgIpc) is 2.49. The normalized spacial score (nSPS) is 22.8. The van der Waals surface area contributed by atoms with Crippen molar-refractivity contribution in [1.29, 1.82) is 0 Å². The van der Waals surface area contributed by atoms with Crippen molar-refractivity contribution in [3.05, 3.63) is 0 Å². The second-order valence-corrected chi connectivity index (χ2v) is 3.55. The van der Waals surface area contributed by atoms with Crippen LogP contribution in [0.25, 0.3) is 0 Å². The fourth-order valence-electron chi connectivity index (χ4n) is 1.14. The van der Waals surface area contributed by atoms with E-state index in [1.54, 1.807) is 0 Å². The molecule has 70 valence electrons. The highest BCUT2D eigenvalue weighted by Gasteiger charge is 2.15. The number of nitrogens with two attached hydrogens (primary N) is 1. The lowest BCUT2D eigenvalue weighted by Gasteiger charge is -2.07. The number of hydrogen-bond donors (Lipinski definition) is 1. The van der Waals surface area contributed by atoms with Crippen LogP contribution in [0.4, 0.5) is 0 Å². The molecule has 1 atom stereocenters. The van der Waals surface area contributed by atoms with Crippen LogP contribution in [0, 0.1) is 5.92 Å². The first-order valence-electron chi connectivity index (χ1n) is 4.23. The quantitative estimate of drug-likeness (QED) is 0.511. The van der Waals surface area contributed by atoms with Crippen LogP contribution in [0.5, 0.6) is 0 Å². The first-order valence-corrected chi connectivity index (χ1v) is 4.63. The summed E-state index contributed by atoms with van der Waals surface area (Å²) in [6.07, 6.45) is 1.80. The third-order valence-electron chi connectivity index (χ3n) is 1.87. The van der Waals surface area contributed by atoms with Gasteiger partial charge in [-0.25, -0.2) is 0 Å². The monoisotopic (exact) mass is 189 g/mol. The number of rotatable bonds is 5. The van der Waals surface area contributed by atoms with Gasteiger partial charge in [0.2, 0.25) is 0 Å². The van der Waals surface area contributed by atoms with Gasteiger partial charge in [0.25, 0.3) is 0 Å². The van der Waals surface area contributed by atoms with Crippen LogP contribution < -0.4 is 5.73 Å². The molecule has 1 fully saturated rings. The van der Waals surface area contributed by atoms with E-state index >= 15 is 0 Å². The molecule has 2 N–H and O–H groups in total. The molecule has 1 unspecified atom stereocenters. The van der Waals surface area contributed by atoms with E-state index in [-0.39, 0.29) is 0 Å². The topological polar surface area (TPSA) is 44.5 Å². The molecule has 4 heteroatoms. The summed E-state index contributed by atoms with van der Waals surface area (Å²) in [5.74, 6) is 0.580. The van der Waals surface area contributed by atoms with Crippen molar-refractivity contribution in [3.63, 3.8) is 0 Å². The molecule has 1 aliphatic heterocycles. The van der Waals surface area contributed by atoms with Crippen LogP contribution in [0.3, 0.4) is 0 Å². The summed E-state index contributed by atoms with van der Waals surface area (Å²) >= 11 is 4.72. The van der Waals surface area contributed by atoms with Crippen molar-refractivity contribution in [2.75, 3.05) is 26.4 Å². The smallest absolute Gasteiger partial charge is 0.0750 e. The Bertz CT molecular complexity index is 146. The van der Waals surface area contributed by atoms with Gasteiger partial charge in [0, 0.05) is 18.9 Å². The molecule has 0 aromatic heterocycles. The molecule has 0 aromatic carbocycles. The minimum Gasteiger partial charge on any atom is -0.393 e. The zero-order valence-electron chi connectivity index (χ0n) is 7.12. The molecule has 0 amide bonds. The Hall–Kier alpha value is -0.190. The fraction of sp³-hybridized carbons (Fsp3) is 0.875. The van der Waals surface area contributed by atoms with Gasteiger partial charge in [-0.05, 0) is 6.42 Å². The number of hydrogen-bond acceptors (Lipinski definition) is 3. The first kappa shape index (κ1) is 9.89. The van der Waals surface area contributed by atoms with Crippen LogP contribution in [-0.2, 0) is 9.47 Å². The van der Waals surface area contributed by atoms with E-state index in [1.165, 1.54) is 0 Å². The third kappa shape index (κ3) is 3.99. The van der Waals surface area contributed by atoms with Gasteiger partial charge in [-0.3, -0.25) is 0 Å². The van der Waals surface area contributed by atoms with E-state index in [1.807, 2.05) is 0 Å². The van der Waals surface area contributed by atoms with E-state index in [4.69, 9.17) is 27.4 Å². The van der Waals surface area contributed by atoms with Gasteiger partial charge in [-0.2, -0.15) is 0 Å². The van der Waals surface area contributed by atoms with Crippen LogP contribution in [0.15, 0.2) is 0 Å². The number of ether oxygens (including phenoxy) is 2. The number of thiocarbonyl (C=S) groups is 1. The SMILES string of the molecule is NC(=S)CCOCC1CCOC1. The molecular formula is C8H15NO2S. The Kier molecular flexibility index (Phi) is 4.50. The molecule has 1 heterocycles. The lowest BCUT2D eigenvalue weighted by molar-refractivity contribution is 0.0946. The highest BCUT2D eigenvalue weighted by molar-refractivity contribution is 7.80. The Morgan fingerprint density at radius 3 is 3.08 bits per heavy atom. The van der Waals surface area contributed by atoms with Crippen molar-refractivity contribution in [3.8, 4) is 0 Å². The van der Waals surface area contributed by atoms with E-state index in [0.717, 1.165) is 26.2 Å². The minimum absolute atomic E-state index is 0.526. The summed E-state index contributed by atoms with van der Waals surface area (Å²) in [4.78, 5) is 0.526. The maximum absolute atomic E-state index is 5.38. The standard InChI is InChI=1S/C8H15NO2S/c9-8(12)2-4-11-6-7-1-3-10-5-7/h7H,1-6H2,(H2,9,12). The van der Waals surface area contributed by atoms with Crippen LogP contribution in [-0.4, -0.2) is 31.4 Å². The summed E-state index contributed by atoms with van der Waals surface area (Å²) < 4.78 is 10.6. The van der Waals surface area contributed by atoms with Crippen LogP contribution >= 0.6 is 12.2 Å². The Morgan fingerprint density at radius 1 is 1.67 bits per heavy atom. The molecule has 12 heavy (non-hydrogen) atoms. The van der Waals surface area contributed by atoms with Gasteiger partial charge in [0.1, 0.15) is 0 Å². The van der Waals surface area contributed by atoms with Crippen LogP contribution in [0.2, 0.25) is 0 Å². The average molecular weight is 189 g/mol. The van der Waals surface area contributed by atoms with Crippen molar-refractivity contribution < 1.29 is 9.47 Å². The highest BCUT2D eigenvalue weighted by Crippen LogP contribution is 2.12. The van der Waals surface area contributed by atoms with Crippen molar-refractivity contribution in [2.45, 2.75) is 12.8 Å². The van der Waals surface area contributed by atoms with Crippen LogP contribution in [0.1, 0.15) is 12.8 Å². The van der Waals surface area contributed by atoms with Gasteiger partial charge in [0.15, 0.2) is 0 Å². The Balaban J connectivity index is 1.91. The largest absolute Gasteiger partial charge is 0.393 e. The van der Waals surface area contributed by atoms with Gasteiger partial charge < -0.3 is 15.2 Å². The second kappa shape index (κ2) is 5.45. The van der Waals surface area contributed by atoms with Crippen molar-refractivity contribution >= 4 is 17.2 Å². The zero-order valence-corrected chi connectivity index (χ0v) is 7.94. The highest BCUT2D eigenvalue weighted by atomic mass is 32.1. The molecule has 0 spiro atoms. The molecule has 0 aromatic rings. The molecular weight excluding hydrogens is 174 g/mol. The van der Waals surface area contributed by atoms with E-state index in [0.29, 0.717) is 23.9 Å². The molecule has 0 bridgehead atoms. The van der Waals surface area contributed by atoms with Gasteiger partial charge in [-0.15, -0.1) is 0 Å². The molecule has 0 aliphatic carbocycles. The summed E-state index contributed by atoms with van der Waals surface area (Å²) in [6.45, 7) is 3.14. The lowest BCUT2D eigenvalue weighted by atomic mass is 10.1. The summed E-state index contributed by atoms with van der Waals surface area (Å²) in [5, 5.41) is 0. The van der Waals surface area contributed by atoms with E-state index < -0.39 is 0 Å². The predicted octanol–water partition coefficient (Wildman–Crippen LogP) is 0.716. The molecule has 1 rings (SSSR count). The maximum Gasteiger partial charge on any atom is 0.0750 e. The van der Waals surface area contributed by atoms with E-state index in [2.05, 4.69) is 0 Å². The Morgan fingerprint density at radius 2 is 2.50 bits per heavy atom. The minimum atomic E-state index is 0.526. The molecule has 1 aliphatic rings. The fourth-order valence-corrected chi connectivity index (χ4v) is 1.22. The van der Waals surface area contributed by atoms with E-state index in [9.17, 15) is 0 Å². The summed E-state index contributed by atoms with van der Waals surface area (Å²) in [6, 6.07) is 0. The molecule has 1 saturated heterocycles.